The molecule has 2 aliphatic rings. The average molecular weight is 617 g/mol. The number of nitrogens with one attached hydrogen (secondary N) is 5. The van der Waals surface area contributed by atoms with Gasteiger partial charge in [0.25, 0.3) is 0 Å². The SMILES string of the molecule is CC(=N)N1CCN(CCNC(=O)[C@@H](NC(=O)C(Cc2ccc(C(=N)N)cc2)C(=O)NCc2ccccc2)C2CCCCC2)CC1. The van der Waals surface area contributed by atoms with Crippen LogP contribution in [0.1, 0.15) is 55.7 Å². The molecule has 1 aliphatic heterocycles. The van der Waals surface area contributed by atoms with Crippen LogP contribution >= 0.6 is 0 Å². The molecule has 45 heavy (non-hydrogen) atoms. The van der Waals surface area contributed by atoms with E-state index in [1.807, 2.05) is 35.2 Å². The number of amides is 3. The van der Waals surface area contributed by atoms with Gasteiger partial charge in [0.15, 0.2) is 0 Å². The second-order valence-electron chi connectivity index (χ2n) is 12.2. The fourth-order valence-electron chi connectivity index (χ4n) is 6.14. The summed E-state index contributed by atoms with van der Waals surface area (Å²) in [5.74, 6) is -1.61. The van der Waals surface area contributed by atoms with Gasteiger partial charge in [-0.1, -0.05) is 73.9 Å². The lowest BCUT2D eigenvalue weighted by Gasteiger charge is -2.35. The van der Waals surface area contributed by atoms with Crippen molar-refractivity contribution >= 4 is 29.4 Å². The summed E-state index contributed by atoms with van der Waals surface area (Å²) in [5.41, 5.74) is 7.85. The van der Waals surface area contributed by atoms with E-state index in [9.17, 15) is 14.4 Å². The number of carbonyl (C=O) groups is 3. The molecule has 2 fully saturated rings. The third kappa shape index (κ3) is 10.1. The third-order valence-corrected chi connectivity index (χ3v) is 8.92. The fraction of sp³-hybridized carbons (Fsp3) is 0.500. The van der Waals surface area contributed by atoms with Crippen molar-refractivity contribution in [1.82, 2.24) is 25.8 Å². The highest BCUT2D eigenvalue weighted by atomic mass is 16.2. The van der Waals surface area contributed by atoms with E-state index >= 15 is 0 Å². The smallest absolute Gasteiger partial charge is 0.242 e. The van der Waals surface area contributed by atoms with Gasteiger partial charge in [-0.3, -0.25) is 30.1 Å². The van der Waals surface area contributed by atoms with E-state index in [0.717, 1.165) is 69.4 Å². The zero-order valence-electron chi connectivity index (χ0n) is 26.3. The zero-order chi connectivity index (χ0) is 32.2. The van der Waals surface area contributed by atoms with Gasteiger partial charge in [0.1, 0.15) is 17.8 Å². The van der Waals surface area contributed by atoms with E-state index in [1.54, 1.807) is 31.2 Å². The number of nitrogens with zero attached hydrogens (tertiary/aromatic N) is 2. The molecule has 1 saturated heterocycles. The van der Waals surface area contributed by atoms with Crippen molar-refractivity contribution in [2.45, 2.75) is 58.0 Å². The lowest BCUT2D eigenvalue weighted by molar-refractivity contribution is -0.138. The van der Waals surface area contributed by atoms with Gasteiger partial charge in [0.05, 0.1) is 5.84 Å². The Hall–Kier alpha value is -4.25. The van der Waals surface area contributed by atoms with Crippen molar-refractivity contribution in [3.63, 3.8) is 0 Å². The van der Waals surface area contributed by atoms with Gasteiger partial charge in [0, 0.05) is 51.4 Å². The molecule has 1 aliphatic carbocycles. The topological polar surface area (TPSA) is 168 Å². The lowest BCUT2D eigenvalue weighted by Crippen LogP contribution is -2.55. The summed E-state index contributed by atoms with van der Waals surface area (Å²) in [6.07, 6.45) is 4.96. The molecule has 1 heterocycles. The van der Waals surface area contributed by atoms with Crippen molar-refractivity contribution in [2.75, 3.05) is 39.3 Å². The number of hydrogen-bond donors (Lipinski definition) is 6. The van der Waals surface area contributed by atoms with Crippen molar-refractivity contribution in [1.29, 1.82) is 10.8 Å². The van der Waals surface area contributed by atoms with Crippen LogP contribution in [-0.2, 0) is 27.3 Å². The minimum atomic E-state index is -1.05. The van der Waals surface area contributed by atoms with Crippen LogP contribution in [0.25, 0.3) is 0 Å². The number of nitrogen functional groups attached to an aromatic ring is 1. The number of benzene rings is 2. The van der Waals surface area contributed by atoms with Crippen LogP contribution in [0.3, 0.4) is 0 Å². The van der Waals surface area contributed by atoms with Crippen LogP contribution in [0, 0.1) is 22.7 Å². The first-order valence-corrected chi connectivity index (χ1v) is 16.1. The molecule has 1 saturated carbocycles. The first-order chi connectivity index (χ1) is 21.7. The molecule has 11 nitrogen and oxygen atoms in total. The van der Waals surface area contributed by atoms with Gasteiger partial charge in [-0.15, -0.1) is 0 Å². The molecule has 1 unspecified atom stereocenters. The minimum absolute atomic E-state index is 0.00434. The predicted octanol–water partition coefficient (Wildman–Crippen LogP) is 2.24. The highest BCUT2D eigenvalue weighted by Crippen LogP contribution is 2.27. The molecule has 0 spiro atoms. The molecule has 4 rings (SSSR count). The highest BCUT2D eigenvalue weighted by Gasteiger charge is 2.35. The Bertz CT molecular complexity index is 1300. The molecular weight excluding hydrogens is 568 g/mol. The van der Waals surface area contributed by atoms with Crippen LogP contribution in [0.5, 0.6) is 0 Å². The predicted molar refractivity (Wildman–Crippen MR) is 176 cm³/mol. The van der Waals surface area contributed by atoms with E-state index in [-0.39, 0.29) is 30.6 Å². The summed E-state index contributed by atoms with van der Waals surface area (Å²) in [7, 11) is 0. The molecule has 0 bridgehead atoms. The standard InChI is InChI=1S/C34H48N8O3/c1-24(35)42-20-18-41(19-21-42)17-16-38-34(45)30(27-10-6-3-7-11-27)40-33(44)29(22-25-12-14-28(15-13-25)31(36)37)32(43)39-23-26-8-4-2-5-9-26/h2,4-5,8-9,12-15,27,29-30,35H,3,6-7,10-11,16-23H2,1H3,(H3,36,37)(H,38,45)(H,39,43)(H,40,44)/t29?,30-/m0/s1. The average Bonchev–Trinajstić information content (AvgIpc) is 3.06. The summed E-state index contributed by atoms with van der Waals surface area (Å²) in [6, 6.07) is 15.8. The lowest BCUT2D eigenvalue weighted by atomic mass is 9.83. The second-order valence-corrected chi connectivity index (χ2v) is 12.2. The molecule has 3 amide bonds. The van der Waals surface area contributed by atoms with Crippen LogP contribution in [0.15, 0.2) is 54.6 Å². The largest absolute Gasteiger partial charge is 0.384 e. The monoisotopic (exact) mass is 616 g/mol. The summed E-state index contributed by atoms with van der Waals surface area (Å²) in [6.45, 7) is 6.52. The van der Waals surface area contributed by atoms with Gasteiger partial charge < -0.3 is 26.6 Å². The molecule has 7 N–H and O–H groups in total. The number of nitrogens with two attached hydrogens (primary N) is 1. The fourth-order valence-corrected chi connectivity index (χ4v) is 6.14. The number of hydrogen-bond acceptors (Lipinski definition) is 6. The molecule has 2 aromatic carbocycles. The number of piperazine rings is 1. The maximum absolute atomic E-state index is 13.9. The Labute approximate surface area is 266 Å². The Morgan fingerprint density at radius 2 is 1.51 bits per heavy atom. The number of amidine groups is 2. The van der Waals surface area contributed by atoms with E-state index in [0.29, 0.717) is 24.5 Å². The Morgan fingerprint density at radius 3 is 2.13 bits per heavy atom. The minimum Gasteiger partial charge on any atom is -0.384 e. The number of rotatable bonds is 13. The summed E-state index contributed by atoms with van der Waals surface area (Å²) >= 11 is 0. The second kappa shape index (κ2) is 16.7. The molecular formula is C34H48N8O3. The molecule has 11 heteroatoms. The maximum atomic E-state index is 13.9. The first kappa shape index (κ1) is 33.6. The summed E-state index contributed by atoms with van der Waals surface area (Å²) in [5, 5.41) is 24.5. The summed E-state index contributed by atoms with van der Waals surface area (Å²) in [4.78, 5) is 45.4. The zero-order valence-corrected chi connectivity index (χ0v) is 26.3. The maximum Gasteiger partial charge on any atom is 0.242 e. The van der Waals surface area contributed by atoms with Gasteiger partial charge >= 0.3 is 0 Å². The van der Waals surface area contributed by atoms with Crippen molar-refractivity contribution in [3.8, 4) is 0 Å². The van der Waals surface area contributed by atoms with Crippen molar-refractivity contribution in [2.24, 2.45) is 17.6 Å². The summed E-state index contributed by atoms with van der Waals surface area (Å²) < 4.78 is 0. The molecule has 2 aromatic rings. The third-order valence-electron chi connectivity index (χ3n) is 8.92. The Morgan fingerprint density at radius 1 is 0.844 bits per heavy atom. The van der Waals surface area contributed by atoms with Crippen LogP contribution in [-0.4, -0.2) is 84.5 Å². The van der Waals surface area contributed by atoms with E-state index in [2.05, 4.69) is 20.9 Å². The van der Waals surface area contributed by atoms with Crippen molar-refractivity contribution < 1.29 is 14.4 Å². The van der Waals surface area contributed by atoms with Gasteiger partial charge in [-0.05, 0) is 43.2 Å². The quantitative estimate of drug-likeness (QED) is 0.115. The highest BCUT2D eigenvalue weighted by molar-refractivity contribution is 6.02. The van der Waals surface area contributed by atoms with Crippen molar-refractivity contribution in [3.05, 3.63) is 71.3 Å². The Kier molecular flexibility index (Phi) is 12.5. The van der Waals surface area contributed by atoms with Gasteiger partial charge in [0.2, 0.25) is 17.7 Å². The number of carbonyl (C=O) groups excluding carboxylic acids is 3. The first-order valence-electron chi connectivity index (χ1n) is 16.1. The van der Waals surface area contributed by atoms with E-state index < -0.39 is 23.8 Å². The van der Waals surface area contributed by atoms with Crippen LogP contribution < -0.4 is 21.7 Å². The van der Waals surface area contributed by atoms with Gasteiger partial charge in [-0.2, -0.15) is 0 Å². The Balaban J connectivity index is 1.44. The van der Waals surface area contributed by atoms with Crippen LogP contribution in [0.2, 0.25) is 0 Å². The van der Waals surface area contributed by atoms with E-state index in [4.69, 9.17) is 16.6 Å². The molecule has 0 aromatic heterocycles. The van der Waals surface area contributed by atoms with Crippen LogP contribution in [0.4, 0.5) is 0 Å². The molecule has 2 atom stereocenters. The van der Waals surface area contributed by atoms with Gasteiger partial charge in [-0.25, -0.2) is 0 Å². The van der Waals surface area contributed by atoms with E-state index in [1.165, 1.54) is 0 Å². The normalized spacial score (nSPS) is 17.1. The molecule has 242 valence electrons. The molecule has 0 radical (unpaired) electrons.